The van der Waals surface area contributed by atoms with Crippen LogP contribution in [0.3, 0.4) is 0 Å². The second-order valence-electron chi connectivity index (χ2n) is 5.56. The van der Waals surface area contributed by atoms with E-state index in [4.69, 9.17) is 9.47 Å². The molecule has 2 atom stereocenters. The maximum absolute atomic E-state index is 12.2. The van der Waals surface area contributed by atoms with Crippen LogP contribution >= 0.6 is 0 Å². The number of hydrogen-bond donors (Lipinski definition) is 2. The number of amides is 1. The number of para-hydroxylation sites is 1. The third kappa shape index (κ3) is 5.89. The van der Waals surface area contributed by atoms with E-state index in [0.29, 0.717) is 11.3 Å². The van der Waals surface area contributed by atoms with E-state index >= 15 is 0 Å². The monoisotopic (exact) mass is 357 g/mol. The van der Waals surface area contributed by atoms with Crippen LogP contribution in [0.25, 0.3) is 0 Å². The highest BCUT2D eigenvalue weighted by Crippen LogP contribution is 2.18. The van der Waals surface area contributed by atoms with Crippen molar-refractivity contribution in [3.8, 4) is 5.75 Å². The van der Waals surface area contributed by atoms with Gasteiger partial charge in [0, 0.05) is 0 Å². The van der Waals surface area contributed by atoms with Gasteiger partial charge >= 0.3 is 5.97 Å². The predicted octanol–water partition coefficient (Wildman–Crippen LogP) is 2.24. The standard InChI is InChI=1S/C20H23NO5/c1-2-25-20(24)18(19(23)15-9-5-3-6-10-15)21-17(22)13-14-26-16-11-7-4-8-12-16/h3-12,18-19,23H,2,13-14H2,1H3,(H,21,22). The first-order valence-electron chi connectivity index (χ1n) is 8.48. The van der Waals surface area contributed by atoms with Crippen molar-refractivity contribution >= 4 is 11.9 Å². The number of carbonyl (C=O) groups is 2. The number of benzene rings is 2. The topological polar surface area (TPSA) is 84.9 Å². The lowest BCUT2D eigenvalue weighted by Crippen LogP contribution is -2.46. The quantitative estimate of drug-likeness (QED) is 0.673. The van der Waals surface area contributed by atoms with E-state index in [1.54, 1.807) is 49.4 Å². The molecule has 26 heavy (non-hydrogen) atoms. The zero-order valence-corrected chi connectivity index (χ0v) is 14.6. The normalized spacial score (nSPS) is 12.7. The van der Waals surface area contributed by atoms with Gasteiger partial charge in [0.1, 0.15) is 11.9 Å². The molecule has 1 amide bonds. The Hall–Kier alpha value is -2.86. The van der Waals surface area contributed by atoms with E-state index in [1.807, 2.05) is 18.2 Å². The smallest absolute Gasteiger partial charge is 0.331 e. The van der Waals surface area contributed by atoms with Crippen LogP contribution in [0.5, 0.6) is 5.75 Å². The minimum atomic E-state index is -1.20. The maximum Gasteiger partial charge on any atom is 0.331 e. The molecule has 2 N–H and O–H groups in total. The fourth-order valence-electron chi connectivity index (χ4n) is 2.37. The lowest BCUT2D eigenvalue weighted by Gasteiger charge is -2.23. The van der Waals surface area contributed by atoms with Gasteiger partial charge in [0.05, 0.1) is 19.6 Å². The Morgan fingerprint density at radius 2 is 1.65 bits per heavy atom. The molecule has 0 aliphatic rings. The summed E-state index contributed by atoms with van der Waals surface area (Å²) in [6.07, 6.45) is -1.15. The molecule has 0 heterocycles. The van der Waals surface area contributed by atoms with Gasteiger partial charge in [-0.15, -0.1) is 0 Å². The fraction of sp³-hybridized carbons (Fsp3) is 0.300. The summed E-state index contributed by atoms with van der Waals surface area (Å²) in [5.74, 6) is -0.429. The highest BCUT2D eigenvalue weighted by Gasteiger charge is 2.30. The molecule has 0 saturated heterocycles. The van der Waals surface area contributed by atoms with Gasteiger partial charge in [-0.2, -0.15) is 0 Å². The van der Waals surface area contributed by atoms with Gasteiger partial charge < -0.3 is 19.9 Å². The van der Waals surface area contributed by atoms with E-state index in [1.165, 1.54) is 0 Å². The number of aliphatic hydroxyl groups excluding tert-OH is 1. The van der Waals surface area contributed by atoms with Crippen molar-refractivity contribution in [2.45, 2.75) is 25.5 Å². The minimum absolute atomic E-state index is 0.0479. The maximum atomic E-state index is 12.2. The van der Waals surface area contributed by atoms with Crippen LogP contribution < -0.4 is 10.1 Å². The molecule has 0 spiro atoms. The Kier molecular flexibility index (Phi) is 7.64. The van der Waals surface area contributed by atoms with Crippen LogP contribution in [-0.2, 0) is 14.3 Å². The Bertz CT molecular complexity index is 690. The van der Waals surface area contributed by atoms with Crippen molar-refractivity contribution in [2.24, 2.45) is 0 Å². The van der Waals surface area contributed by atoms with Gasteiger partial charge in [-0.25, -0.2) is 4.79 Å². The fourth-order valence-corrected chi connectivity index (χ4v) is 2.37. The molecule has 2 aromatic rings. The first-order chi connectivity index (χ1) is 12.6. The molecule has 0 aliphatic carbocycles. The number of aliphatic hydroxyl groups is 1. The molecule has 0 aromatic heterocycles. The van der Waals surface area contributed by atoms with E-state index < -0.39 is 24.0 Å². The summed E-state index contributed by atoms with van der Waals surface area (Å²) < 4.78 is 10.4. The molecular formula is C20H23NO5. The molecule has 138 valence electrons. The van der Waals surface area contributed by atoms with Crippen molar-refractivity contribution < 1.29 is 24.2 Å². The van der Waals surface area contributed by atoms with Crippen LogP contribution in [-0.4, -0.2) is 36.2 Å². The van der Waals surface area contributed by atoms with Crippen molar-refractivity contribution in [1.29, 1.82) is 0 Å². The number of carbonyl (C=O) groups excluding carboxylic acids is 2. The summed E-state index contributed by atoms with van der Waals surface area (Å²) in [6, 6.07) is 16.6. The van der Waals surface area contributed by atoms with Crippen LogP contribution in [0.15, 0.2) is 60.7 Å². The molecule has 6 nitrogen and oxygen atoms in total. The number of nitrogens with one attached hydrogen (secondary N) is 1. The van der Waals surface area contributed by atoms with Crippen molar-refractivity contribution in [2.75, 3.05) is 13.2 Å². The lowest BCUT2D eigenvalue weighted by atomic mass is 10.0. The van der Waals surface area contributed by atoms with E-state index in [9.17, 15) is 14.7 Å². The van der Waals surface area contributed by atoms with Crippen LogP contribution in [0.2, 0.25) is 0 Å². The van der Waals surface area contributed by atoms with Crippen molar-refractivity contribution in [3.05, 3.63) is 66.2 Å². The van der Waals surface area contributed by atoms with Gasteiger partial charge in [0.25, 0.3) is 0 Å². The number of rotatable bonds is 9. The zero-order chi connectivity index (χ0) is 18.8. The molecule has 0 aliphatic heterocycles. The summed E-state index contributed by atoms with van der Waals surface area (Å²) in [6.45, 7) is 1.98. The summed E-state index contributed by atoms with van der Waals surface area (Å²) in [4.78, 5) is 24.3. The first-order valence-corrected chi connectivity index (χ1v) is 8.48. The number of hydrogen-bond acceptors (Lipinski definition) is 5. The molecule has 6 heteroatoms. The molecule has 2 unspecified atom stereocenters. The highest BCUT2D eigenvalue weighted by molar-refractivity contribution is 5.85. The van der Waals surface area contributed by atoms with Crippen molar-refractivity contribution in [1.82, 2.24) is 5.32 Å². The SMILES string of the molecule is CCOC(=O)C(NC(=O)CCOc1ccccc1)C(O)c1ccccc1. The summed E-state index contributed by atoms with van der Waals surface area (Å²) >= 11 is 0. The highest BCUT2D eigenvalue weighted by atomic mass is 16.5. The molecule has 2 rings (SSSR count). The zero-order valence-electron chi connectivity index (χ0n) is 14.6. The Morgan fingerprint density at radius 1 is 1.04 bits per heavy atom. The Morgan fingerprint density at radius 3 is 2.27 bits per heavy atom. The predicted molar refractivity (Wildman–Crippen MR) is 96.5 cm³/mol. The van der Waals surface area contributed by atoms with E-state index in [-0.39, 0.29) is 19.6 Å². The lowest BCUT2D eigenvalue weighted by molar-refractivity contribution is -0.151. The van der Waals surface area contributed by atoms with Gasteiger partial charge in [-0.3, -0.25) is 4.79 Å². The Balaban J connectivity index is 1.94. The second kappa shape index (κ2) is 10.2. The number of ether oxygens (including phenoxy) is 2. The van der Waals surface area contributed by atoms with Gasteiger partial charge in [-0.1, -0.05) is 48.5 Å². The van der Waals surface area contributed by atoms with Gasteiger partial charge in [0.2, 0.25) is 5.91 Å². The number of esters is 1. The largest absolute Gasteiger partial charge is 0.493 e. The molecule has 0 radical (unpaired) electrons. The third-order valence-corrected chi connectivity index (χ3v) is 3.65. The van der Waals surface area contributed by atoms with E-state index in [0.717, 1.165) is 0 Å². The third-order valence-electron chi connectivity index (χ3n) is 3.65. The minimum Gasteiger partial charge on any atom is -0.493 e. The summed E-state index contributed by atoms with van der Waals surface area (Å²) in [5, 5.41) is 13.0. The molecule has 2 aromatic carbocycles. The van der Waals surface area contributed by atoms with Crippen molar-refractivity contribution in [3.63, 3.8) is 0 Å². The van der Waals surface area contributed by atoms with Crippen LogP contribution in [0.1, 0.15) is 25.0 Å². The Labute approximate surface area is 152 Å². The summed E-state index contributed by atoms with van der Waals surface area (Å²) in [7, 11) is 0. The summed E-state index contributed by atoms with van der Waals surface area (Å²) in [5.41, 5.74) is 0.520. The molecular weight excluding hydrogens is 334 g/mol. The molecule has 0 bridgehead atoms. The van der Waals surface area contributed by atoms with E-state index in [2.05, 4.69) is 5.32 Å². The average molecular weight is 357 g/mol. The average Bonchev–Trinajstić information content (AvgIpc) is 2.67. The first kappa shape index (κ1) is 19.5. The van der Waals surface area contributed by atoms with Gasteiger partial charge in [-0.05, 0) is 24.6 Å². The molecule has 0 fully saturated rings. The second-order valence-corrected chi connectivity index (χ2v) is 5.56. The van der Waals surface area contributed by atoms with Crippen LogP contribution in [0.4, 0.5) is 0 Å². The van der Waals surface area contributed by atoms with Crippen LogP contribution in [0, 0.1) is 0 Å². The molecule has 0 saturated carbocycles. The van der Waals surface area contributed by atoms with Gasteiger partial charge in [0.15, 0.2) is 6.04 Å².